The number of fused-ring (bicyclic) bond motifs is 1. The first-order chi connectivity index (χ1) is 8.30. The van der Waals surface area contributed by atoms with Crippen molar-refractivity contribution in [3.63, 3.8) is 0 Å². The highest BCUT2D eigenvalue weighted by Crippen LogP contribution is 2.39. The maximum atomic E-state index is 12.0. The molecule has 1 aliphatic carbocycles. The van der Waals surface area contributed by atoms with E-state index in [0.717, 1.165) is 25.7 Å². The highest BCUT2D eigenvalue weighted by Gasteiger charge is 2.44. The summed E-state index contributed by atoms with van der Waals surface area (Å²) in [6.07, 6.45) is 4.64. The Morgan fingerprint density at radius 3 is 2.72 bits per heavy atom. The van der Waals surface area contributed by atoms with Gasteiger partial charge in [0.1, 0.15) is 5.60 Å². The van der Waals surface area contributed by atoms with Gasteiger partial charge in [0.2, 0.25) is 0 Å². The lowest BCUT2D eigenvalue weighted by atomic mass is 9.71. The van der Waals surface area contributed by atoms with Crippen LogP contribution in [0.4, 0.5) is 4.79 Å². The highest BCUT2D eigenvalue weighted by atomic mass is 16.6. The van der Waals surface area contributed by atoms with E-state index in [2.05, 4.69) is 0 Å². The topological polar surface area (TPSA) is 49.8 Å². The Bertz CT molecular complexity index is 323. The summed E-state index contributed by atoms with van der Waals surface area (Å²) in [6.45, 7) is 6.90. The van der Waals surface area contributed by atoms with Gasteiger partial charge in [-0.25, -0.2) is 4.79 Å². The molecule has 0 aromatic heterocycles. The third-order valence-corrected chi connectivity index (χ3v) is 4.08. The number of hydrogen-bond donors (Lipinski definition) is 1. The van der Waals surface area contributed by atoms with Crippen molar-refractivity contribution < 1.29 is 14.6 Å². The van der Waals surface area contributed by atoms with Crippen molar-refractivity contribution >= 4 is 6.09 Å². The molecular weight excluding hydrogens is 230 g/mol. The number of ether oxygens (including phenoxy) is 1. The van der Waals surface area contributed by atoms with Gasteiger partial charge < -0.3 is 14.7 Å². The lowest BCUT2D eigenvalue weighted by Gasteiger charge is -2.47. The molecule has 0 aromatic rings. The second kappa shape index (κ2) is 4.72. The Morgan fingerprint density at radius 2 is 2.06 bits per heavy atom. The molecule has 2 atom stereocenters. The van der Waals surface area contributed by atoms with Crippen LogP contribution in [0.25, 0.3) is 0 Å². The van der Waals surface area contributed by atoms with Crippen LogP contribution in [-0.2, 0) is 4.74 Å². The van der Waals surface area contributed by atoms with Crippen LogP contribution in [0.3, 0.4) is 0 Å². The summed E-state index contributed by atoms with van der Waals surface area (Å²) < 4.78 is 5.40. The first-order valence-corrected chi connectivity index (χ1v) is 7.00. The second-order valence-corrected chi connectivity index (χ2v) is 6.72. The fraction of sp³-hybridized carbons (Fsp3) is 0.929. The quantitative estimate of drug-likeness (QED) is 0.723. The van der Waals surface area contributed by atoms with Gasteiger partial charge in [-0.15, -0.1) is 0 Å². The van der Waals surface area contributed by atoms with Crippen LogP contribution >= 0.6 is 0 Å². The van der Waals surface area contributed by atoms with Crippen molar-refractivity contribution in [2.45, 2.75) is 64.1 Å². The predicted molar refractivity (Wildman–Crippen MR) is 69.3 cm³/mol. The second-order valence-electron chi connectivity index (χ2n) is 6.72. The summed E-state index contributed by atoms with van der Waals surface area (Å²) in [6, 6.07) is 0. The smallest absolute Gasteiger partial charge is 0.410 e. The van der Waals surface area contributed by atoms with Crippen LogP contribution in [0.15, 0.2) is 0 Å². The molecule has 1 N–H and O–H groups in total. The molecule has 104 valence electrons. The average molecular weight is 255 g/mol. The molecular formula is C14H25NO3. The Morgan fingerprint density at radius 1 is 1.33 bits per heavy atom. The molecule has 2 fully saturated rings. The molecule has 2 aliphatic rings. The Labute approximate surface area is 109 Å². The number of carbonyl (C=O) groups is 1. The van der Waals surface area contributed by atoms with E-state index in [-0.39, 0.29) is 12.0 Å². The van der Waals surface area contributed by atoms with Crippen molar-refractivity contribution in [3.8, 4) is 0 Å². The molecule has 1 saturated carbocycles. The fourth-order valence-electron chi connectivity index (χ4n) is 3.06. The van der Waals surface area contributed by atoms with Gasteiger partial charge in [0.15, 0.2) is 0 Å². The monoisotopic (exact) mass is 255 g/mol. The number of hydrogen-bond acceptors (Lipinski definition) is 3. The molecule has 1 amide bonds. The normalized spacial score (nSPS) is 32.9. The van der Waals surface area contributed by atoms with E-state index < -0.39 is 11.2 Å². The minimum absolute atomic E-state index is 0.229. The van der Waals surface area contributed by atoms with E-state index in [4.69, 9.17) is 4.74 Å². The molecule has 0 aromatic carbocycles. The van der Waals surface area contributed by atoms with Crippen molar-refractivity contribution in [3.05, 3.63) is 0 Å². The molecule has 4 nitrogen and oxygen atoms in total. The third kappa shape index (κ3) is 2.97. The third-order valence-electron chi connectivity index (χ3n) is 4.08. The summed E-state index contributed by atoms with van der Waals surface area (Å²) in [5.41, 5.74) is -0.978. The molecule has 1 heterocycles. The molecule has 2 rings (SSSR count). The van der Waals surface area contributed by atoms with E-state index >= 15 is 0 Å². The molecule has 0 radical (unpaired) electrons. The maximum Gasteiger partial charge on any atom is 0.410 e. The number of likely N-dealkylation sites (tertiary alicyclic amines) is 1. The summed E-state index contributed by atoms with van der Waals surface area (Å²) >= 11 is 0. The lowest BCUT2D eigenvalue weighted by molar-refractivity contribution is -0.0952. The summed E-state index contributed by atoms with van der Waals surface area (Å²) in [5, 5.41) is 10.5. The zero-order valence-corrected chi connectivity index (χ0v) is 11.7. The Kier molecular flexibility index (Phi) is 3.58. The molecule has 2 unspecified atom stereocenters. The number of carbonyl (C=O) groups excluding carboxylic acids is 1. The van der Waals surface area contributed by atoms with E-state index in [1.807, 2.05) is 20.8 Å². The predicted octanol–water partition coefficient (Wildman–Crippen LogP) is 2.55. The average Bonchev–Trinajstić information content (AvgIpc) is 2.25. The molecule has 0 bridgehead atoms. The van der Waals surface area contributed by atoms with Gasteiger partial charge >= 0.3 is 6.09 Å². The van der Waals surface area contributed by atoms with Crippen LogP contribution in [0.5, 0.6) is 0 Å². The lowest BCUT2D eigenvalue weighted by Crippen LogP contribution is -2.55. The number of piperidine rings is 1. The largest absolute Gasteiger partial charge is 0.444 e. The maximum absolute atomic E-state index is 12.0. The summed E-state index contributed by atoms with van der Waals surface area (Å²) in [4.78, 5) is 13.8. The van der Waals surface area contributed by atoms with E-state index in [9.17, 15) is 9.90 Å². The van der Waals surface area contributed by atoms with Gasteiger partial charge in [-0.1, -0.05) is 12.8 Å². The minimum Gasteiger partial charge on any atom is -0.444 e. The first kappa shape index (κ1) is 13.7. The molecule has 0 spiro atoms. The van der Waals surface area contributed by atoms with Crippen molar-refractivity contribution in [1.29, 1.82) is 0 Å². The fourth-order valence-corrected chi connectivity index (χ4v) is 3.06. The van der Waals surface area contributed by atoms with Crippen molar-refractivity contribution in [2.75, 3.05) is 13.1 Å². The van der Waals surface area contributed by atoms with Crippen LogP contribution in [0, 0.1) is 5.92 Å². The SMILES string of the molecule is CC(C)(C)OC(=O)N1CCC2(O)CCCCC2C1. The molecule has 1 saturated heterocycles. The Balaban J connectivity index is 1.96. The summed E-state index contributed by atoms with van der Waals surface area (Å²) in [7, 11) is 0. The van der Waals surface area contributed by atoms with Gasteiger partial charge in [0.05, 0.1) is 5.60 Å². The molecule has 4 heteroatoms. The van der Waals surface area contributed by atoms with Crippen molar-refractivity contribution in [2.24, 2.45) is 5.92 Å². The van der Waals surface area contributed by atoms with Crippen LogP contribution in [0.2, 0.25) is 0 Å². The van der Waals surface area contributed by atoms with Gasteiger partial charge in [-0.3, -0.25) is 0 Å². The zero-order chi connectivity index (χ0) is 13.4. The van der Waals surface area contributed by atoms with E-state index in [1.165, 1.54) is 0 Å². The van der Waals surface area contributed by atoms with Gasteiger partial charge in [-0.05, 0) is 40.0 Å². The minimum atomic E-state index is -0.531. The standard InChI is InChI=1S/C14H25NO3/c1-13(2,3)18-12(16)15-9-8-14(17)7-5-4-6-11(14)10-15/h11,17H,4-10H2,1-3H3. The van der Waals surface area contributed by atoms with Crippen LogP contribution < -0.4 is 0 Å². The number of aliphatic hydroxyl groups is 1. The summed E-state index contributed by atoms with van der Waals surface area (Å²) in [5.74, 6) is 0.229. The van der Waals surface area contributed by atoms with Gasteiger partial charge in [0, 0.05) is 19.0 Å². The van der Waals surface area contributed by atoms with Gasteiger partial charge in [0.25, 0.3) is 0 Å². The Hall–Kier alpha value is -0.770. The zero-order valence-electron chi connectivity index (χ0n) is 11.7. The van der Waals surface area contributed by atoms with Gasteiger partial charge in [-0.2, -0.15) is 0 Å². The van der Waals surface area contributed by atoms with E-state index in [0.29, 0.717) is 19.5 Å². The van der Waals surface area contributed by atoms with E-state index in [1.54, 1.807) is 4.90 Å². The van der Waals surface area contributed by atoms with Crippen LogP contribution in [-0.4, -0.2) is 40.4 Å². The van der Waals surface area contributed by atoms with Crippen molar-refractivity contribution in [1.82, 2.24) is 4.90 Å². The number of rotatable bonds is 0. The molecule has 1 aliphatic heterocycles. The highest BCUT2D eigenvalue weighted by molar-refractivity contribution is 5.68. The first-order valence-electron chi connectivity index (χ1n) is 7.00. The number of amides is 1. The molecule has 18 heavy (non-hydrogen) atoms. The number of nitrogens with zero attached hydrogens (tertiary/aromatic N) is 1. The van der Waals surface area contributed by atoms with Crippen LogP contribution in [0.1, 0.15) is 52.9 Å².